The molecule has 0 saturated heterocycles. The number of carbonyl (C=O) groups excluding carboxylic acids is 1. The van der Waals surface area contributed by atoms with E-state index in [0.29, 0.717) is 5.02 Å². The Kier molecular flexibility index (Phi) is 6.76. The molecule has 0 aromatic heterocycles. The number of amides is 1. The van der Waals surface area contributed by atoms with E-state index in [0.717, 1.165) is 11.3 Å². The van der Waals surface area contributed by atoms with Crippen LogP contribution in [0.1, 0.15) is 43.0 Å². The van der Waals surface area contributed by atoms with Crippen molar-refractivity contribution >= 4 is 29.3 Å². The molecule has 4 heteroatoms. The van der Waals surface area contributed by atoms with Gasteiger partial charge in [0.05, 0.1) is 11.3 Å². The van der Waals surface area contributed by atoms with Gasteiger partial charge in [-0.05, 0) is 62.6 Å². The highest BCUT2D eigenvalue weighted by Gasteiger charge is 2.20. The number of hydrogen-bond donors (Lipinski definition) is 1. The number of aryl methyl sites for hydroxylation is 2. The Morgan fingerprint density at radius 2 is 1.83 bits per heavy atom. The van der Waals surface area contributed by atoms with Crippen LogP contribution in [0.4, 0.5) is 0 Å². The zero-order chi connectivity index (χ0) is 17.7. The molecule has 2 nitrogen and oxygen atoms in total. The molecule has 0 radical (unpaired) electrons. The maximum absolute atomic E-state index is 12.6. The molecule has 1 amide bonds. The molecule has 0 aliphatic carbocycles. The lowest BCUT2D eigenvalue weighted by Crippen LogP contribution is -2.34. The first-order valence-electron chi connectivity index (χ1n) is 8.20. The van der Waals surface area contributed by atoms with Crippen molar-refractivity contribution in [2.75, 3.05) is 0 Å². The number of rotatable bonds is 6. The molecular weight excluding hydrogens is 338 g/mol. The van der Waals surface area contributed by atoms with Gasteiger partial charge in [0.25, 0.3) is 0 Å². The number of carbonyl (C=O) groups is 1. The zero-order valence-corrected chi connectivity index (χ0v) is 16.2. The molecule has 0 fully saturated rings. The summed E-state index contributed by atoms with van der Waals surface area (Å²) in [6.45, 7) is 8.22. The molecule has 2 atom stereocenters. The monoisotopic (exact) mass is 361 g/mol. The summed E-state index contributed by atoms with van der Waals surface area (Å²) >= 11 is 7.45. The van der Waals surface area contributed by atoms with Crippen LogP contribution in [0.3, 0.4) is 0 Å². The molecule has 128 valence electrons. The summed E-state index contributed by atoms with van der Waals surface area (Å²) in [6.07, 6.45) is 0.869. The molecule has 0 aliphatic rings. The average Bonchev–Trinajstić information content (AvgIpc) is 2.55. The number of thioether (sulfide) groups is 1. The fourth-order valence-corrected chi connectivity index (χ4v) is 3.68. The van der Waals surface area contributed by atoms with Gasteiger partial charge in [-0.2, -0.15) is 0 Å². The molecule has 2 aromatic carbocycles. The van der Waals surface area contributed by atoms with Crippen LogP contribution in [-0.4, -0.2) is 11.2 Å². The van der Waals surface area contributed by atoms with Crippen molar-refractivity contribution in [1.82, 2.24) is 5.32 Å². The molecule has 0 bridgehead atoms. The maximum atomic E-state index is 12.6. The van der Waals surface area contributed by atoms with Crippen LogP contribution in [0, 0.1) is 13.8 Å². The highest BCUT2D eigenvalue weighted by molar-refractivity contribution is 8.00. The normalized spacial score (nSPS) is 13.4. The first-order valence-corrected chi connectivity index (χ1v) is 9.46. The molecule has 1 N–H and O–H groups in total. The van der Waals surface area contributed by atoms with E-state index >= 15 is 0 Å². The van der Waals surface area contributed by atoms with E-state index in [4.69, 9.17) is 11.6 Å². The summed E-state index contributed by atoms with van der Waals surface area (Å²) in [5.74, 6) is 0.0572. The molecule has 2 aromatic rings. The Morgan fingerprint density at radius 3 is 2.42 bits per heavy atom. The second kappa shape index (κ2) is 8.59. The van der Waals surface area contributed by atoms with Gasteiger partial charge in [-0.3, -0.25) is 4.79 Å². The lowest BCUT2D eigenvalue weighted by atomic mass is 9.97. The van der Waals surface area contributed by atoms with Gasteiger partial charge >= 0.3 is 0 Å². The van der Waals surface area contributed by atoms with Crippen molar-refractivity contribution in [2.24, 2.45) is 0 Å². The molecule has 0 aliphatic heterocycles. The summed E-state index contributed by atoms with van der Waals surface area (Å²) < 4.78 is 0. The molecule has 0 unspecified atom stereocenters. The summed E-state index contributed by atoms with van der Waals surface area (Å²) in [6, 6.07) is 14.0. The first-order chi connectivity index (χ1) is 11.4. The van der Waals surface area contributed by atoms with E-state index in [9.17, 15) is 4.79 Å². The third-order valence-corrected chi connectivity index (χ3v) is 5.39. The number of benzene rings is 2. The van der Waals surface area contributed by atoms with Crippen LogP contribution in [-0.2, 0) is 4.79 Å². The lowest BCUT2D eigenvalue weighted by molar-refractivity contribution is -0.121. The lowest BCUT2D eigenvalue weighted by Gasteiger charge is -2.22. The topological polar surface area (TPSA) is 29.1 Å². The van der Waals surface area contributed by atoms with Gasteiger partial charge in [-0.15, -0.1) is 11.8 Å². The van der Waals surface area contributed by atoms with Crippen molar-refractivity contribution in [3.63, 3.8) is 0 Å². The maximum Gasteiger partial charge on any atom is 0.233 e. The van der Waals surface area contributed by atoms with Crippen molar-refractivity contribution in [2.45, 2.75) is 50.3 Å². The smallest absolute Gasteiger partial charge is 0.233 e. The van der Waals surface area contributed by atoms with Crippen LogP contribution in [0.25, 0.3) is 0 Å². The minimum atomic E-state index is -0.161. The molecule has 0 heterocycles. The third-order valence-electron chi connectivity index (χ3n) is 4.02. The van der Waals surface area contributed by atoms with Crippen LogP contribution in [0.5, 0.6) is 0 Å². The quantitative estimate of drug-likeness (QED) is 0.668. The minimum Gasteiger partial charge on any atom is -0.348 e. The van der Waals surface area contributed by atoms with E-state index < -0.39 is 0 Å². The van der Waals surface area contributed by atoms with Gasteiger partial charge in [-0.25, -0.2) is 0 Å². The van der Waals surface area contributed by atoms with Crippen LogP contribution < -0.4 is 5.32 Å². The molecule has 0 saturated carbocycles. The summed E-state index contributed by atoms with van der Waals surface area (Å²) in [5, 5.41) is 3.73. The second-order valence-electron chi connectivity index (χ2n) is 6.04. The fourth-order valence-electron chi connectivity index (χ4n) is 2.68. The Bertz CT molecular complexity index is 699. The zero-order valence-electron chi connectivity index (χ0n) is 14.6. The van der Waals surface area contributed by atoms with Crippen molar-refractivity contribution in [1.29, 1.82) is 0 Å². The SMILES string of the molecule is CC[C@H](NC(=O)[C@H](C)Sc1ccc(Cl)cc1)c1ccc(C)cc1C. The van der Waals surface area contributed by atoms with Gasteiger partial charge in [0, 0.05) is 9.92 Å². The predicted octanol–water partition coefficient (Wildman–Crippen LogP) is 5.70. The number of halogens is 1. The largest absolute Gasteiger partial charge is 0.348 e. The van der Waals surface area contributed by atoms with E-state index in [2.05, 4.69) is 44.3 Å². The molecule has 0 spiro atoms. The number of hydrogen-bond acceptors (Lipinski definition) is 2. The van der Waals surface area contributed by atoms with Gasteiger partial charge in [0.1, 0.15) is 0 Å². The van der Waals surface area contributed by atoms with Crippen LogP contribution in [0.2, 0.25) is 5.02 Å². The minimum absolute atomic E-state index is 0.0476. The van der Waals surface area contributed by atoms with E-state index in [1.807, 2.05) is 31.2 Å². The van der Waals surface area contributed by atoms with Crippen LogP contribution >= 0.6 is 23.4 Å². The van der Waals surface area contributed by atoms with Gasteiger partial charge < -0.3 is 5.32 Å². The van der Waals surface area contributed by atoms with Crippen LogP contribution in [0.15, 0.2) is 47.4 Å². The second-order valence-corrected chi connectivity index (χ2v) is 7.89. The fraction of sp³-hybridized carbons (Fsp3) is 0.350. The van der Waals surface area contributed by atoms with Gasteiger partial charge in [-0.1, -0.05) is 42.3 Å². The van der Waals surface area contributed by atoms with Gasteiger partial charge in [0.2, 0.25) is 5.91 Å². The van der Waals surface area contributed by atoms with E-state index in [1.165, 1.54) is 16.7 Å². The summed E-state index contributed by atoms with van der Waals surface area (Å²) in [5.41, 5.74) is 3.66. The standard InChI is InChI=1S/C20H24ClNOS/c1-5-19(18-11-6-13(2)12-14(18)3)22-20(23)15(4)24-17-9-7-16(21)8-10-17/h6-12,15,19H,5H2,1-4H3,(H,22,23)/t15-,19-/m0/s1. The Hall–Kier alpha value is -1.45. The predicted molar refractivity (Wildman–Crippen MR) is 104 cm³/mol. The summed E-state index contributed by atoms with van der Waals surface area (Å²) in [4.78, 5) is 13.6. The van der Waals surface area contributed by atoms with Crippen molar-refractivity contribution < 1.29 is 4.79 Å². The highest BCUT2D eigenvalue weighted by Crippen LogP contribution is 2.27. The Labute approximate surface area is 154 Å². The molecule has 24 heavy (non-hydrogen) atoms. The van der Waals surface area contributed by atoms with Gasteiger partial charge in [0.15, 0.2) is 0 Å². The molecular formula is C20H24ClNOS. The first kappa shape index (κ1) is 18.9. The molecule has 2 rings (SSSR count). The Balaban J connectivity index is 2.04. The van der Waals surface area contributed by atoms with Crippen molar-refractivity contribution in [3.05, 3.63) is 64.2 Å². The van der Waals surface area contributed by atoms with E-state index in [1.54, 1.807) is 11.8 Å². The van der Waals surface area contributed by atoms with Crippen molar-refractivity contribution in [3.8, 4) is 0 Å². The summed E-state index contributed by atoms with van der Waals surface area (Å²) in [7, 11) is 0. The third kappa shape index (κ3) is 5.02. The highest BCUT2D eigenvalue weighted by atomic mass is 35.5. The number of nitrogens with one attached hydrogen (secondary N) is 1. The average molecular weight is 362 g/mol. The Morgan fingerprint density at radius 1 is 1.17 bits per heavy atom. The van der Waals surface area contributed by atoms with E-state index in [-0.39, 0.29) is 17.2 Å².